The number of urea groups is 1. The van der Waals surface area contributed by atoms with Crippen LogP contribution in [0.1, 0.15) is 40.0 Å². The van der Waals surface area contributed by atoms with Crippen LogP contribution in [0.4, 0.5) is 4.79 Å². The summed E-state index contributed by atoms with van der Waals surface area (Å²) >= 11 is 0. The second kappa shape index (κ2) is 7.28. The number of hydrogen-bond acceptors (Lipinski definition) is 3. The Balaban J connectivity index is 2.67. The summed E-state index contributed by atoms with van der Waals surface area (Å²) in [5.41, 5.74) is 5.02. The Kier molecular flexibility index (Phi) is 5.99. The molecule has 0 aromatic carbocycles. The molecule has 0 aromatic rings. The van der Waals surface area contributed by atoms with Gasteiger partial charge >= 0.3 is 12.0 Å². The van der Waals surface area contributed by atoms with E-state index >= 15 is 0 Å². The molecule has 1 rings (SSSR count). The molecule has 4 atom stereocenters. The van der Waals surface area contributed by atoms with Crippen molar-refractivity contribution in [2.45, 2.75) is 52.1 Å². The molecule has 21 heavy (non-hydrogen) atoms. The number of carbonyl (C=O) groups excluding carboxylic acids is 2. The third-order valence-corrected chi connectivity index (χ3v) is 4.13. The number of amides is 3. The van der Waals surface area contributed by atoms with Gasteiger partial charge in [-0.15, -0.1) is 0 Å². The van der Waals surface area contributed by atoms with Crippen LogP contribution in [-0.4, -0.2) is 46.5 Å². The highest BCUT2D eigenvalue weighted by atomic mass is 16.4. The molecule has 4 N–H and O–H groups in total. The molecule has 1 aliphatic rings. The maximum atomic E-state index is 12.3. The predicted molar refractivity (Wildman–Crippen MR) is 77.5 cm³/mol. The van der Waals surface area contributed by atoms with Gasteiger partial charge in [-0.2, -0.15) is 0 Å². The summed E-state index contributed by atoms with van der Waals surface area (Å²) in [6.07, 6.45) is 0.984. The molecule has 3 amide bonds. The minimum Gasteiger partial charge on any atom is -0.480 e. The first kappa shape index (κ1) is 17.3. The first-order valence-corrected chi connectivity index (χ1v) is 7.30. The second-order valence-corrected chi connectivity index (χ2v) is 6.06. The van der Waals surface area contributed by atoms with Crippen LogP contribution in [0.5, 0.6) is 0 Å². The summed E-state index contributed by atoms with van der Waals surface area (Å²) in [6.45, 7) is 6.74. The van der Waals surface area contributed by atoms with E-state index in [0.717, 1.165) is 6.42 Å². The quantitative estimate of drug-likeness (QED) is 0.696. The summed E-state index contributed by atoms with van der Waals surface area (Å²) in [4.78, 5) is 35.9. The molecule has 7 heteroatoms. The number of aliphatic carboxylic acids is 1. The lowest BCUT2D eigenvalue weighted by atomic mass is 9.86. The van der Waals surface area contributed by atoms with Gasteiger partial charge in [-0.1, -0.05) is 13.8 Å². The van der Waals surface area contributed by atoms with Crippen LogP contribution in [0.3, 0.4) is 0 Å². The minimum atomic E-state index is -1.16. The van der Waals surface area contributed by atoms with Crippen molar-refractivity contribution in [2.75, 3.05) is 6.54 Å². The van der Waals surface area contributed by atoms with Crippen molar-refractivity contribution in [1.82, 2.24) is 10.2 Å². The lowest BCUT2D eigenvalue weighted by Crippen LogP contribution is -2.55. The highest BCUT2D eigenvalue weighted by Gasteiger charge is 2.33. The van der Waals surface area contributed by atoms with Gasteiger partial charge in [0.2, 0.25) is 5.91 Å². The number of likely N-dealkylation sites (tertiary alicyclic amines) is 1. The van der Waals surface area contributed by atoms with Gasteiger partial charge in [-0.05, 0) is 31.6 Å². The molecule has 0 bridgehead atoms. The highest BCUT2D eigenvalue weighted by molar-refractivity contribution is 5.83. The number of nitrogens with zero attached hydrogens (tertiary/aromatic N) is 1. The lowest BCUT2D eigenvalue weighted by Gasteiger charge is -2.41. The van der Waals surface area contributed by atoms with Crippen LogP contribution < -0.4 is 11.1 Å². The first-order valence-electron chi connectivity index (χ1n) is 7.30. The van der Waals surface area contributed by atoms with Crippen LogP contribution in [-0.2, 0) is 9.59 Å². The monoisotopic (exact) mass is 299 g/mol. The smallest absolute Gasteiger partial charge is 0.326 e. The number of piperidine rings is 1. The Labute approximate surface area is 124 Å². The molecule has 0 aromatic heterocycles. The molecule has 1 aliphatic heterocycles. The number of nitrogens with one attached hydrogen (secondary N) is 1. The van der Waals surface area contributed by atoms with Crippen molar-refractivity contribution in [3.63, 3.8) is 0 Å². The molecule has 3 unspecified atom stereocenters. The molecule has 1 saturated heterocycles. The van der Waals surface area contributed by atoms with Crippen LogP contribution >= 0.6 is 0 Å². The highest BCUT2D eigenvalue weighted by Crippen LogP contribution is 2.26. The third kappa shape index (κ3) is 4.91. The van der Waals surface area contributed by atoms with Crippen LogP contribution in [0.15, 0.2) is 0 Å². The van der Waals surface area contributed by atoms with E-state index in [4.69, 9.17) is 10.8 Å². The fourth-order valence-electron chi connectivity index (χ4n) is 2.76. The Bertz CT molecular complexity index is 413. The summed E-state index contributed by atoms with van der Waals surface area (Å²) in [5, 5.41) is 11.6. The molecule has 120 valence electrons. The van der Waals surface area contributed by atoms with Gasteiger partial charge in [0.1, 0.15) is 6.04 Å². The molecular formula is C14H25N3O4. The average molecular weight is 299 g/mol. The van der Waals surface area contributed by atoms with Crippen molar-refractivity contribution in [3.8, 4) is 0 Å². The van der Waals surface area contributed by atoms with Gasteiger partial charge in [0.25, 0.3) is 0 Å². The summed E-state index contributed by atoms with van der Waals surface area (Å²) < 4.78 is 0. The molecular weight excluding hydrogens is 274 g/mol. The van der Waals surface area contributed by atoms with Gasteiger partial charge in [0.15, 0.2) is 0 Å². The van der Waals surface area contributed by atoms with Crippen LogP contribution in [0.2, 0.25) is 0 Å². The zero-order valence-electron chi connectivity index (χ0n) is 12.8. The number of nitrogens with two attached hydrogens (primary N) is 1. The first-order chi connectivity index (χ1) is 9.72. The van der Waals surface area contributed by atoms with Gasteiger partial charge < -0.3 is 21.1 Å². The minimum absolute atomic E-state index is 0.00371. The van der Waals surface area contributed by atoms with E-state index < -0.39 is 23.9 Å². The lowest BCUT2D eigenvalue weighted by molar-refractivity contribution is -0.139. The number of primary amides is 1. The van der Waals surface area contributed by atoms with Crippen molar-refractivity contribution in [3.05, 3.63) is 0 Å². The molecule has 0 aliphatic carbocycles. The molecule has 0 spiro atoms. The Morgan fingerprint density at radius 2 is 1.95 bits per heavy atom. The maximum absolute atomic E-state index is 12.3. The second-order valence-electron chi connectivity index (χ2n) is 6.06. The Hall–Kier alpha value is -1.79. The van der Waals surface area contributed by atoms with Crippen molar-refractivity contribution >= 4 is 17.9 Å². The number of carboxylic acid groups (broad SMARTS) is 1. The fourth-order valence-corrected chi connectivity index (χ4v) is 2.76. The van der Waals surface area contributed by atoms with Gasteiger partial charge in [-0.3, -0.25) is 4.79 Å². The molecule has 7 nitrogen and oxygen atoms in total. The normalized spacial score (nSPS) is 27.0. The van der Waals surface area contributed by atoms with Crippen LogP contribution in [0.25, 0.3) is 0 Å². The molecule has 1 fully saturated rings. The van der Waals surface area contributed by atoms with Gasteiger partial charge in [-0.25, -0.2) is 9.59 Å². The zero-order chi connectivity index (χ0) is 16.2. The number of rotatable bonds is 5. The molecule has 0 radical (unpaired) electrons. The number of carboxylic acids is 1. The van der Waals surface area contributed by atoms with Gasteiger partial charge in [0, 0.05) is 19.0 Å². The van der Waals surface area contributed by atoms with Crippen molar-refractivity contribution in [2.24, 2.45) is 17.6 Å². The van der Waals surface area contributed by atoms with E-state index in [0.29, 0.717) is 18.4 Å². The van der Waals surface area contributed by atoms with E-state index in [1.807, 2.05) is 6.92 Å². The summed E-state index contributed by atoms with van der Waals surface area (Å²) in [6, 6.07) is -1.42. The van der Waals surface area contributed by atoms with Gasteiger partial charge in [0.05, 0.1) is 0 Å². The SMILES string of the molecule is CC1CC(C)C(C)N(C(=O)N[C@H](CCC(N)=O)C(=O)O)C1. The van der Waals surface area contributed by atoms with Crippen molar-refractivity contribution < 1.29 is 19.5 Å². The average Bonchev–Trinajstić information content (AvgIpc) is 2.37. The number of carbonyl (C=O) groups is 3. The van der Waals surface area contributed by atoms with E-state index in [2.05, 4.69) is 19.2 Å². The van der Waals surface area contributed by atoms with E-state index in [-0.39, 0.29) is 18.9 Å². The van der Waals surface area contributed by atoms with E-state index in [9.17, 15) is 14.4 Å². The molecule has 1 heterocycles. The van der Waals surface area contributed by atoms with Crippen LogP contribution in [0, 0.1) is 11.8 Å². The summed E-state index contributed by atoms with van der Waals surface area (Å²) in [7, 11) is 0. The molecule has 0 saturated carbocycles. The number of hydrogen-bond donors (Lipinski definition) is 3. The van der Waals surface area contributed by atoms with E-state index in [1.165, 1.54) is 0 Å². The fraction of sp³-hybridized carbons (Fsp3) is 0.786. The predicted octanol–water partition coefficient (Wildman–Crippen LogP) is 0.781. The summed E-state index contributed by atoms with van der Waals surface area (Å²) in [5.74, 6) is -0.983. The maximum Gasteiger partial charge on any atom is 0.326 e. The third-order valence-electron chi connectivity index (χ3n) is 4.13. The zero-order valence-corrected chi connectivity index (χ0v) is 12.8. The topological polar surface area (TPSA) is 113 Å². The van der Waals surface area contributed by atoms with Crippen molar-refractivity contribution in [1.29, 1.82) is 0 Å². The van der Waals surface area contributed by atoms with E-state index in [1.54, 1.807) is 4.90 Å². The standard InChI is InChI=1S/C14H25N3O4/c1-8-6-9(2)10(3)17(7-8)14(21)16-11(13(19)20)4-5-12(15)18/h8-11H,4-7H2,1-3H3,(H2,15,18)(H,16,21)(H,19,20)/t8?,9?,10?,11-/m1/s1. The Morgan fingerprint density at radius 1 is 1.33 bits per heavy atom. The largest absolute Gasteiger partial charge is 0.480 e. The Morgan fingerprint density at radius 3 is 2.48 bits per heavy atom.